The number of halogens is 2. The van der Waals surface area contributed by atoms with Crippen LogP contribution in [0.3, 0.4) is 0 Å². The predicted molar refractivity (Wildman–Crippen MR) is 90.9 cm³/mol. The number of H-pyrrole nitrogens is 1. The fraction of sp³-hybridized carbons (Fsp3) is 0.500. The molecule has 0 bridgehead atoms. The molecule has 6 nitrogen and oxygen atoms in total. The number of pyridine rings is 1. The lowest BCUT2D eigenvalue weighted by molar-refractivity contribution is 0.0623. The van der Waals surface area contributed by atoms with Crippen LogP contribution in [-0.4, -0.2) is 45.1 Å². The van der Waals surface area contributed by atoms with Gasteiger partial charge in [0.2, 0.25) is 0 Å². The van der Waals surface area contributed by atoms with Gasteiger partial charge >= 0.3 is 0 Å². The summed E-state index contributed by atoms with van der Waals surface area (Å²) < 4.78 is 0. The van der Waals surface area contributed by atoms with E-state index in [9.17, 15) is 4.79 Å². The number of carbonyl (C=O) groups is 1. The summed E-state index contributed by atoms with van der Waals surface area (Å²) in [6.07, 6.45) is 4.78. The molecule has 0 aliphatic carbocycles. The minimum absolute atomic E-state index is 0. The van der Waals surface area contributed by atoms with Gasteiger partial charge < -0.3 is 10.6 Å². The molecule has 3 rings (SSSR count). The summed E-state index contributed by atoms with van der Waals surface area (Å²) in [5.41, 5.74) is 7.97. The number of carbonyl (C=O) groups excluding carboxylic acids is 1. The van der Waals surface area contributed by atoms with Crippen molar-refractivity contribution in [1.29, 1.82) is 0 Å². The molecule has 2 aromatic rings. The number of fused-ring (bicyclic) bond motifs is 1. The standard InChI is InChI=1S/C14H19N5O.2ClH/c1-9-12-6-10(8-16-13(12)18-17-9)14(20)19-5-3-2-4-11(19)7-15;;/h6,8,11H,2-5,7,15H2,1H3,(H,16,17,18);2*1H. The molecule has 1 aliphatic heterocycles. The highest BCUT2D eigenvalue weighted by atomic mass is 35.5. The first-order chi connectivity index (χ1) is 9.70. The molecule has 8 heteroatoms. The molecule has 0 saturated carbocycles. The van der Waals surface area contributed by atoms with E-state index in [0.717, 1.165) is 36.9 Å². The number of amides is 1. The molecule has 22 heavy (non-hydrogen) atoms. The number of nitrogens with two attached hydrogens (primary N) is 1. The molecule has 1 aliphatic rings. The van der Waals surface area contributed by atoms with Gasteiger partial charge in [-0.3, -0.25) is 9.89 Å². The van der Waals surface area contributed by atoms with Crippen LogP contribution in [0, 0.1) is 6.92 Å². The highest BCUT2D eigenvalue weighted by molar-refractivity contribution is 5.97. The first kappa shape index (κ1) is 18.7. The second kappa shape index (κ2) is 7.76. The van der Waals surface area contributed by atoms with Crippen molar-refractivity contribution in [2.45, 2.75) is 32.2 Å². The maximum absolute atomic E-state index is 12.6. The molecule has 3 N–H and O–H groups in total. The number of nitrogens with one attached hydrogen (secondary N) is 1. The van der Waals surface area contributed by atoms with Crippen LogP contribution in [0.5, 0.6) is 0 Å². The van der Waals surface area contributed by atoms with Crippen LogP contribution in [0.25, 0.3) is 11.0 Å². The third kappa shape index (κ3) is 3.34. The quantitative estimate of drug-likeness (QED) is 0.871. The van der Waals surface area contributed by atoms with Crippen molar-refractivity contribution in [2.75, 3.05) is 13.1 Å². The molecule has 1 saturated heterocycles. The lowest BCUT2D eigenvalue weighted by Gasteiger charge is -2.35. The number of aromatic nitrogens is 3. The summed E-state index contributed by atoms with van der Waals surface area (Å²) in [4.78, 5) is 18.8. The molecule has 0 spiro atoms. The molecular weight excluding hydrogens is 325 g/mol. The van der Waals surface area contributed by atoms with Crippen LogP contribution in [0.15, 0.2) is 12.3 Å². The number of aryl methyl sites for hydroxylation is 1. The summed E-state index contributed by atoms with van der Waals surface area (Å²) in [5.74, 6) is 0.0233. The summed E-state index contributed by atoms with van der Waals surface area (Å²) in [5, 5.41) is 7.87. The highest BCUT2D eigenvalue weighted by Gasteiger charge is 2.26. The first-order valence-electron chi connectivity index (χ1n) is 7.02. The van der Waals surface area contributed by atoms with Crippen LogP contribution in [0.2, 0.25) is 0 Å². The van der Waals surface area contributed by atoms with Gasteiger partial charge in [-0.2, -0.15) is 5.10 Å². The van der Waals surface area contributed by atoms with Gasteiger partial charge in [0.15, 0.2) is 5.65 Å². The number of nitrogens with zero attached hydrogens (tertiary/aromatic N) is 3. The van der Waals surface area contributed by atoms with Crippen LogP contribution < -0.4 is 5.73 Å². The molecule has 2 aromatic heterocycles. The van der Waals surface area contributed by atoms with E-state index < -0.39 is 0 Å². The van der Waals surface area contributed by atoms with E-state index >= 15 is 0 Å². The lowest BCUT2D eigenvalue weighted by Crippen LogP contribution is -2.47. The number of rotatable bonds is 2. The van der Waals surface area contributed by atoms with Gasteiger partial charge in [0.25, 0.3) is 5.91 Å². The summed E-state index contributed by atoms with van der Waals surface area (Å²) in [6.45, 7) is 3.23. The van der Waals surface area contributed by atoms with Gasteiger partial charge in [0.1, 0.15) is 0 Å². The van der Waals surface area contributed by atoms with Crippen LogP contribution in [-0.2, 0) is 0 Å². The smallest absolute Gasteiger partial charge is 0.255 e. The molecule has 0 radical (unpaired) electrons. The van der Waals surface area contributed by atoms with E-state index in [1.54, 1.807) is 6.20 Å². The Labute approximate surface area is 141 Å². The van der Waals surface area contributed by atoms with Gasteiger partial charge in [-0.05, 0) is 32.3 Å². The van der Waals surface area contributed by atoms with Crippen molar-refractivity contribution in [1.82, 2.24) is 20.1 Å². The second-order valence-corrected chi connectivity index (χ2v) is 5.33. The third-order valence-corrected chi connectivity index (χ3v) is 4.01. The molecular formula is C14H21Cl2N5O. The average molecular weight is 346 g/mol. The van der Waals surface area contributed by atoms with Crippen LogP contribution in [0.1, 0.15) is 35.3 Å². The Morgan fingerprint density at radius 2 is 2.23 bits per heavy atom. The zero-order valence-electron chi connectivity index (χ0n) is 12.4. The lowest BCUT2D eigenvalue weighted by atomic mass is 10.0. The minimum atomic E-state index is 0. The predicted octanol–water partition coefficient (Wildman–Crippen LogP) is 2.06. The topological polar surface area (TPSA) is 87.9 Å². The number of piperidine rings is 1. The molecule has 1 unspecified atom stereocenters. The van der Waals surface area contributed by atoms with Gasteiger partial charge in [-0.1, -0.05) is 0 Å². The van der Waals surface area contributed by atoms with Crippen molar-refractivity contribution in [2.24, 2.45) is 5.73 Å². The summed E-state index contributed by atoms with van der Waals surface area (Å²) in [6, 6.07) is 2.02. The maximum atomic E-state index is 12.6. The normalized spacial score (nSPS) is 17.7. The second-order valence-electron chi connectivity index (χ2n) is 5.33. The Morgan fingerprint density at radius 3 is 2.95 bits per heavy atom. The highest BCUT2D eigenvalue weighted by Crippen LogP contribution is 2.21. The largest absolute Gasteiger partial charge is 0.334 e. The van der Waals surface area contributed by atoms with E-state index in [2.05, 4.69) is 15.2 Å². The molecule has 0 aromatic carbocycles. The maximum Gasteiger partial charge on any atom is 0.255 e. The van der Waals surface area contributed by atoms with Crippen molar-refractivity contribution in [3.05, 3.63) is 23.5 Å². The Kier molecular flexibility index (Phi) is 6.59. The summed E-state index contributed by atoms with van der Waals surface area (Å²) >= 11 is 0. The zero-order chi connectivity index (χ0) is 14.1. The summed E-state index contributed by atoms with van der Waals surface area (Å²) in [7, 11) is 0. The monoisotopic (exact) mass is 345 g/mol. The number of aromatic amines is 1. The molecule has 122 valence electrons. The third-order valence-electron chi connectivity index (χ3n) is 4.01. The van der Waals surface area contributed by atoms with Crippen molar-refractivity contribution in [3.8, 4) is 0 Å². The first-order valence-corrected chi connectivity index (χ1v) is 7.02. The van der Waals surface area contributed by atoms with Crippen LogP contribution in [0.4, 0.5) is 0 Å². The van der Waals surface area contributed by atoms with Gasteiger partial charge in [-0.25, -0.2) is 4.98 Å². The Hall–Kier alpha value is -1.37. The average Bonchev–Trinajstić information content (AvgIpc) is 2.87. The SMILES string of the molecule is Cc1[nH]nc2ncc(C(=O)N3CCCCC3CN)cc12.Cl.Cl. The van der Waals surface area contributed by atoms with E-state index in [4.69, 9.17) is 5.73 Å². The van der Waals surface area contributed by atoms with Crippen molar-refractivity contribution >= 4 is 41.8 Å². The molecule has 1 fully saturated rings. The zero-order valence-corrected chi connectivity index (χ0v) is 14.0. The van der Waals surface area contributed by atoms with Gasteiger partial charge in [0.05, 0.1) is 5.56 Å². The van der Waals surface area contributed by atoms with E-state index in [1.807, 2.05) is 17.9 Å². The van der Waals surface area contributed by atoms with Gasteiger partial charge in [-0.15, -0.1) is 24.8 Å². The fourth-order valence-corrected chi connectivity index (χ4v) is 2.82. The van der Waals surface area contributed by atoms with E-state index in [1.165, 1.54) is 0 Å². The van der Waals surface area contributed by atoms with E-state index in [0.29, 0.717) is 17.8 Å². The Bertz CT molecular complexity index is 645. The molecule has 3 heterocycles. The fourth-order valence-electron chi connectivity index (χ4n) is 2.82. The molecule has 1 amide bonds. The molecule has 1 atom stereocenters. The Balaban J connectivity index is 0.00000121. The number of likely N-dealkylation sites (tertiary alicyclic amines) is 1. The number of hydrogen-bond acceptors (Lipinski definition) is 4. The van der Waals surface area contributed by atoms with E-state index in [-0.39, 0.29) is 36.8 Å². The van der Waals surface area contributed by atoms with Gasteiger partial charge in [0, 0.05) is 36.4 Å². The minimum Gasteiger partial charge on any atom is -0.334 e. The Morgan fingerprint density at radius 1 is 1.45 bits per heavy atom. The van der Waals surface area contributed by atoms with Crippen LogP contribution >= 0.6 is 24.8 Å². The van der Waals surface area contributed by atoms with Crippen molar-refractivity contribution in [3.63, 3.8) is 0 Å². The number of hydrogen-bond donors (Lipinski definition) is 2. The van der Waals surface area contributed by atoms with Crippen molar-refractivity contribution < 1.29 is 4.79 Å².